The van der Waals surface area contributed by atoms with E-state index in [4.69, 9.17) is 32.9 Å². The van der Waals surface area contributed by atoms with Crippen molar-refractivity contribution in [1.82, 2.24) is 25.1 Å². The van der Waals surface area contributed by atoms with Crippen molar-refractivity contribution in [1.29, 1.82) is 0 Å². The second-order valence-corrected chi connectivity index (χ2v) is 12.2. The molecule has 1 radical (unpaired) electrons. The molecule has 6 rings (SSSR count). The quantitative estimate of drug-likeness (QED) is 0.0797. The zero-order chi connectivity index (χ0) is 34.9. The predicted molar refractivity (Wildman–Crippen MR) is 183 cm³/mol. The number of aromatic nitrogens is 4. The summed E-state index contributed by atoms with van der Waals surface area (Å²) in [5.41, 5.74) is 2.73. The third-order valence-corrected chi connectivity index (χ3v) is 9.16. The van der Waals surface area contributed by atoms with Gasteiger partial charge in [-0.15, -0.1) is 6.54 Å². The Morgan fingerprint density at radius 2 is 1.80 bits per heavy atom. The Balaban J connectivity index is 0.00000486. The third-order valence-electron chi connectivity index (χ3n) is 8.35. The number of benzene rings is 2. The van der Waals surface area contributed by atoms with E-state index in [2.05, 4.69) is 20.7 Å². The summed E-state index contributed by atoms with van der Waals surface area (Å²) in [6.45, 7) is 0.632. The van der Waals surface area contributed by atoms with Gasteiger partial charge in [-0.3, -0.25) is 11.1 Å². The number of nitrogens with zero attached hydrogens (tertiary/aromatic N) is 4. The van der Waals surface area contributed by atoms with E-state index in [0.29, 0.717) is 52.7 Å². The summed E-state index contributed by atoms with van der Waals surface area (Å²) in [7, 11) is 2.96. The number of alkyl halides is 3. The third kappa shape index (κ3) is 7.38. The van der Waals surface area contributed by atoms with Crippen LogP contribution in [0.4, 0.5) is 24.7 Å². The van der Waals surface area contributed by atoms with Crippen molar-refractivity contribution in [3.05, 3.63) is 98.4 Å². The molecule has 0 bridgehead atoms. The fourth-order valence-corrected chi connectivity index (χ4v) is 6.58. The normalized spacial score (nSPS) is 13.9. The number of fused-ring (bicyclic) bond motifs is 2. The first-order chi connectivity index (χ1) is 23.5. The molecular weight excluding hydrogens is 735 g/mol. The van der Waals surface area contributed by atoms with Gasteiger partial charge in [-0.2, -0.15) is 24.7 Å². The number of hydrogen-bond donors (Lipinski definition) is 2. The molecule has 5 aromatic rings. The first-order valence-electron chi connectivity index (χ1n) is 15.3. The fourth-order valence-electron chi connectivity index (χ4n) is 5.98. The van der Waals surface area contributed by atoms with Crippen LogP contribution in [0.3, 0.4) is 0 Å². The first kappa shape index (κ1) is 37.3. The predicted octanol–water partition coefficient (Wildman–Crippen LogP) is 7.80. The molecular formula is C35H29Cl2F3MnN6O3. The molecule has 3 aromatic heterocycles. The average molecular weight is 764 g/mol. The van der Waals surface area contributed by atoms with Gasteiger partial charge in [0.2, 0.25) is 5.88 Å². The van der Waals surface area contributed by atoms with Gasteiger partial charge < -0.3 is 26.6 Å². The Labute approximate surface area is 306 Å². The van der Waals surface area contributed by atoms with Gasteiger partial charge in [-0.25, -0.2) is 21.1 Å². The summed E-state index contributed by atoms with van der Waals surface area (Å²) in [4.78, 5) is 32.0. The Hall–Kier alpha value is -4.00. The number of aryl methyl sites for hydroxylation is 2. The van der Waals surface area contributed by atoms with Crippen LogP contribution in [0.15, 0.2) is 59.5 Å². The van der Waals surface area contributed by atoms with Gasteiger partial charge in [0, 0.05) is 40.7 Å². The second kappa shape index (κ2) is 15.5. The smallest absolute Gasteiger partial charge is 0.542 e. The van der Waals surface area contributed by atoms with Crippen LogP contribution in [0.1, 0.15) is 42.1 Å². The molecule has 0 fully saturated rings. The Bertz CT molecular complexity index is 2130. The van der Waals surface area contributed by atoms with Crippen LogP contribution in [-0.2, 0) is 41.5 Å². The number of anilines is 2. The van der Waals surface area contributed by atoms with Crippen molar-refractivity contribution in [2.75, 3.05) is 19.0 Å². The van der Waals surface area contributed by atoms with Gasteiger partial charge in [0.25, 0.3) is 5.56 Å². The van der Waals surface area contributed by atoms with Gasteiger partial charge in [-0.1, -0.05) is 53.5 Å². The number of hydrogen-bond acceptors (Lipinski definition) is 8. The molecule has 1 aliphatic rings. The van der Waals surface area contributed by atoms with Crippen molar-refractivity contribution >= 4 is 51.8 Å². The minimum Gasteiger partial charge on any atom is -0.542 e. The Kier molecular flexibility index (Phi) is 11.5. The summed E-state index contributed by atoms with van der Waals surface area (Å²) >= 11 is 13.9. The first-order valence-corrected chi connectivity index (χ1v) is 16.0. The Morgan fingerprint density at radius 3 is 2.52 bits per heavy atom. The minimum atomic E-state index is -4.77. The monoisotopic (exact) mass is 763 g/mol. The molecule has 15 heteroatoms. The van der Waals surface area contributed by atoms with Crippen LogP contribution < -0.4 is 20.9 Å². The van der Waals surface area contributed by atoms with E-state index in [1.54, 1.807) is 31.4 Å². The van der Waals surface area contributed by atoms with Crippen molar-refractivity contribution in [3.63, 3.8) is 0 Å². The van der Waals surface area contributed by atoms with Gasteiger partial charge >= 0.3 is 23.2 Å². The van der Waals surface area contributed by atoms with Crippen molar-refractivity contribution in [3.8, 4) is 28.3 Å². The molecule has 9 nitrogen and oxygen atoms in total. The van der Waals surface area contributed by atoms with E-state index in [9.17, 15) is 22.8 Å². The van der Waals surface area contributed by atoms with E-state index in [1.807, 2.05) is 30.9 Å². The molecule has 0 saturated heterocycles. The molecule has 0 aliphatic heterocycles. The summed E-state index contributed by atoms with van der Waals surface area (Å²) in [5, 5.41) is 10.6. The topological polar surface area (TPSA) is 111 Å². The van der Waals surface area contributed by atoms with Crippen LogP contribution in [0.2, 0.25) is 10.0 Å². The summed E-state index contributed by atoms with van der Waals surface area (Å²) < 4.78 is 48.0. The summed E-state index contributed by atoms with van der Waals surface area (Å²) in [6.07, 6.45) is 2.98. The maximum absolute atomic E-state index is 13.8. The van der Waals surface area contributed by atoms with Crippen molar-refractivity contribution in [2.45, 2.75) is 37.9 Å². The minimum absolute atomic E-state index is 0. The molecule has 0 spiro atoms. The van der Waals surface area contributed by atoms with E-state index < -0.39 is 17.4 Å². The Morgan fingerprint density at radius 1 is 1.08 bits per heavy atom. The molecule has 1 atom stereocenters. The molecule has 50 heavy (non-hydrogen) atoms. The molecule has 0 amide bonds. The largest absolute Gasteiger partial charge is 2.00 e. The van der Waals surface area contributed by atoms with E-state index in [0.717, 1.165) is 34.7 Å². The van der Waals surface area contributed by atoms with Gasteiger partial charge in [0.15, 0.2) is 0 Å². The van der Waals surface area contributed by atoms with Gasteiger partial charge in [0.05, 0.1) is 40.1 Å². The molecule has 259 valence electrons. The SMILES string of the molecule is COc1nc(-c2cccc(-c3cccc(Nc4nc(C(F)(F)F)cc5cnn(C)c(=O)c45)c3Cl)c2Cl)cc2c1C(NC[CH-]CC[C-]=O)CC2.[Mn+2]. The zero-order valence-corrected chi connectivity index (χ0v) is 29.4. The molecule has 1 aliphatic carbocycles. The van der Waals surface area contributed by atoms with Gasteiger partial charge in [-0.05, 0) is 36.6 Å². The van der Waals surface area contributed by atoms with E-state index >= 15 is 0 Å². The van der Waals surface area contributed by atoms with Gasteiger partial charge in [0.1, 0.15) is 11.5 Å². The molecule has 1 unspecified atom stereocenters. The number of ether oxygens (including phenoxy) is 1. The van der Waals surface area contributed by atoms with Crippen LogP contribution in [-0.4, -0.2) is 39.7 Å². The molecule has 2 aromatic carbocycles. The number of rotatable bonds is 11. The maximum atomic E-state index is 13.8. The average Bonchev–Trinajstić information content (AvgIpc) is 3.49. The number of methoxy groups -OCH3 is 1. The standard InChI is InChI=1S/C35H29Cl2F3N6O3.Mn/c1-46-34(48)29-20(18-42-46)17-27(35(38,39)40)45-32(29)43-25-11-7-9-22(31(25)37)21-8-6-10-23(30(21)36)26-16-19-12-13-24(28(19)33(44-26)49-2)41-14-4-3-5-15-47;/h4,6-11,16-18,24,41H,3,5,12-14H2,1-2H3,(H,43,45);/q-2;+2. The van der Waals surface area contributed by atoms with Crippen LogP contribution in [0, 0.1) is 6.42 Å². The zero-order valence-electron chi connectivity index (χ0n) is 26.7. The number of halogens is 5. The molecule has 2 N–H and O–H groups in total. The van der Waals surface area contributed by atoms with Crippen LogP contribution in [0.5, 0.6) is 5.88 Å². The number of pyridine rings is 2. The van der Waals surface area contributed by atoms with Crippen LogP contribution >= 0.6 is 23.2 Å². The number of unbranched alkanes of at least 4 members (excludes halogenated alkanes) is 2. The second-order valence-electron chi connectivity index (χ2n) is 11.4. The van der Waals surface area contributed by atoms with Crippen molar-refractivity contribution < 1.29 is 39.8 Å². The van der Waals surface area contributed by atoms with Crippen LogP contribution in [0.25, 0.3) is 33.2 Å². The maximum Gasteiger partial charge on any atom is 2.00 e. The van der Waals surface area contributed by atoms with Crippen molar-refractivity contribution in [2.24, 2.45) is 7.05 Å². The van der Waals surface area contributed by atoms with E-state index in [1.165, 1.54) is 13.2 Å². The summed E-state index contributed by atoms with van der Waals surface area (Å²) in [5.74, 6) is 0.169. The number of nitrogens with one attached hydrogen (secondary N) is 2. The molecule has 3 heterocycles. The van der Waals surface area contributed by atoms with E-state index in [-0.39, 0.29) is 50.4 Å². The number of carbonyl (C=O) groups excluding carboxylic acids is 1. The fraction of sp³-hybridized carbons (Fsp3) is 0.257. The summed E-state index contributed by atoms with van der Waals surface area (Å²) in [6, 6.07) is 13.2. The molecule has 0 saturated carbocycles.